The lowest BCUT2D eigenvalue weighted by Crippen LogP contribution is -2.49. The van der Waals surface area contributed by atoms with Crippen LogP contribution in [0.1, 0.15) is 33.6 Å². The number of ether oxygens (including phenoxy) is 1. The topological polar surface area (TPSA) is 78.9 Å². The molecule has 1 aliphatic rings. The number of hydrogen-bond donors (Lipinski definition) is 2. The minimum absolute atomic E-state index is 0.0483. The van der Waals surface area contributed by atoms with Crippen molar-refractivity contribution in [2.75, 3.05) is 13.1 Å². The summed E-state index contributed by atoms with van der Waals surface area (Å²) in [6, 6.07) is -0.890. The van der Waals surface area contributed by atoms with Crippen LogP contribution in [-0.2, 0) is 9.53 Å². The SMILES string of the molecule is CC(C)(C)OC(=O)N1C[C@@H](O)CC[C@@H](NC(=O)C(F)(F)F)C1. The number of nitrogens with one attached hydrogen (secondary N) is 1. The summed E-state index contributed by atoms with van der Waals surface area (Å²) < 4.78 is 42.0. The Balaban J connectivity index is 2.74. The summed E-state index contributed by atoms with van der Waals surface area (Å²) in [6.45, 7) is 4.77. The van der Waals surface area contributed by atoms with Crippen LogP contribution < -0.4 is 5.32 Å². The standard InChI is InChI=1S/C13H21F3N2O4/c1-12(2,3)22-11(21)18-6-8(4-5-9(19)7-18)17-10(20)13(14,15)16/h8-9,19H,4-7H2,1-3H3,(H,17,20)/t8-,9+/m1/s1. The summed E-state index contributed by atoms with van der Waals surface area (Å²) in [5.74, 6) is -2.06. The second-order valence-corrected chi connectivity index (χ2v) is 6.28. The normalized spacial score (nSPS) is 23.7. The van der Waals surface area contributed by atoms with Crippen molar-refractivity contribution >= 4 is 12.0 Å². The van der Waals surface area contributed by atoms with Crippen LogP contribution in [0.5, 0.6) is 0 Å². The predicted molar refractivity (Wildman–Crippen MR) is 71.0 cm³/mol. The van der Waals surface area contributed by atoms with Gasteiger partial charge in [0.05, 0.1) is 6.10 Å². The maximum Gasteiger partial charge on any atom is 0.471 e. The van der Waals surface area contributed by atoms with Crippen LogP contribution in [0, 0.1) is 0 Å². The second-order valence-electron chi connectivity index (χ2n) is 6.28. The number of carbonyl (C=O) groups is 2. The summed E-state index contributed by atoms with van der Waals surface area (Å²) in [5.41, 5.74) is -0.765. The zero-order chi connectivity index (χ0) is 17.1. The quantitative estimate of drug-likeness (QED) is 0.764. The number of β-amino-alcohol motifs (C(OH)–C–C–N with tert-alkyl or cyclic N) is 1. The Hall–Kier alpha value is -1.51. The third kappa shape index (κ3) is 6.08. The van der Waals surface area contributed by atoms with Crippen molar-refractivity contribution in [2.24, 2.45) is 0 Å². The highest BCUT2D eigenvalue weighted by atomic mass is 19.4. The number of aliphatic hydroxyl groups is 1. The Morgan fingerprint density at radius 2 is 1.77 bits per heavy atom. The van der Waals surface area contributed by atoms with E-state index in [-0.39, 0.29) is 25.9 Å². The molecule has 1 fully saturated rings. The van der Waals surface area contributed by atoms with Gasteiger partial charge >= 0.3 is 18.2 Å². The molecule has 0 bridgehead atoms. The van der Waals surface area contributed by atoms with Crippen LogP contribution in [-0.4, -0.2) is 59.0 Å². The Kier molecular flexibility index (Phi) is 5.66. The minimum Gasteiger partial charge on any atom is -0.444 e. The maximum atomic E-state index is 12.3. The van der Waals surface area contributed by atoms with E-state index in [9.17, 15) is 27.9 Å². The van der Waals surface area contributed by atoms with Gasteiger partial charge in [0.2, 0.25) is 0 Å². The summed E-state index contributed by atoms with van der Waals surface area (Å²) in [7, 11) is 0. The third-order valence-corrected chi connectivity index (χ3v) is 2.96. The van der Waals surface area contributed by atoms with E-state index in [1.54, 1.807) is 20.8 Å². The molecule has 0 aromatic carbocycles. The van der Waals surface area contributed by atoms with Crippen LogP contribution >= 0.6 is 0 Å². The highest BCUT2D eigenvalue weighted by Crippen LogP contribution is 2.19. The number of likely N-dealkylation sites (tertiary alicyclic amines) is 1. The van der Waals surface area contributed by atoms with E-state index in [0.29, 0.717) is 0 Å². The number of halogens is 3. The van der Waals surface area contributed by atoms with Gasteiger partial charge < -0.3 is 20.1 Å². The van der Waals surface area contributed by atoms with E-state index < -0.39 is 35.9 Å². The summed E-state index contributed by atoms with van der Waals surface area (Å²) in [6.07, 6.45) is -6.27. The van der Waals surface area contributed by atoms with Crippen LogP contribution in [0.4, 0.5) is 18.0 Å². The molecule has 128 valence electrons. The molecule has 0 spiro atoms. The summed E-state index contributed by atoms with van der Waals surface area (Å²) in [5, 5.41) is 11.6. The van der Waals surface area contributed by atoms with Gasteiger partial charge in [0, 0.05) is 19.1 Å². The Morgan fingerprint density at radius 1 is 1.18 bits per heavy atom. The fraction of sp³-hybridized carbons (Fsp3) is 0.846. The fourth-order valence-corrected chi connectivity index (χ4v) is 2.03. The second kappa shape index (κ2) is 6.72. The van der Waals surface area contributed by atoms with E-state index >= 15 is 0 Å². The van der Waals surface area contributed by atoms with Crippen molar-refractivity contribution in [1.29, 1.82) is 0 Å². The van der Waals surface area contributed by atoms with E-state index in [1.165, 1.54) is 0 Å². The lowest BCUT2D eigenvalue weighted by Gasteiger charge is -2.29. The predicted octanol–water partition coefficient (Wildman–Crippen LogP) is 1.43. The first-order valence-electron chi connectivity index (χ1n) is 6.92. The van der Waals surface area contributed by atoms with Gasteiger partial charge in [-0.3, -0.25) is 4.79 Å². The average molecular weight is 326 g/mol. The fourth-order valence-electron chi connectivity index (χ4n) is 2.03. The molecule has 0 aromatic rings. The van der Waals surface area contributed by atoms with Crippen LogP contribution in [0.15, 0.2) is 0 Å². The van der Waals surface area contributed by atoms with Gasteiger partial charge in [-0.1, -0.05) is 0 Å². The molecular weight excluding hydrogens is 305 g/mol. The molecule has 2 atom stereocenters. The van der Waals surface area contributed by atoms with Crippen molar-refractivity contribution < 1.29 is 32.6 Å². The van der Waals surface area contributed by atoms with E-state index in [2.05, 4.69) is 0 Å². The molecular formula is C13H21F3N2O4. The number of aliphatic hydroxyl groups excluding tert-OH is 1. The van der Waals surface area contributed by atoms with Crippen LogP contribution in [0.3, 0.4) is 0 Å². The van der Waals surface area contributed by atoms with E-state index in [0.717, 1.165) is 4.90 Å². The molecule has 1 heterocycles. The molecule has 2 N–H and O–H groups in total. The van der Waals surface area contributed by atoms with Crippen molar-refractivity contribution in [3.63, 3.8) is 0 Å². The van der Waals surface area contributed by atoms with E-state index in [1.807, 2.05) is 5.32 Å². The minimum atomic E-state index is -4.98. The molecule has 1 rings (SSSR count). The Morgan fingerprint density at radius 3 is 2.27 bits per heavy atom. The van der Waals surface area contributed by atoms with Crippen molar-refractivity contribution in [3.8, 4) is 0 Å². The lowest BCUT2D eigenvalue weighted by molar-refractivity contribution is -0.174. The number of carbonyl (C=O) groups excluding carboxylic acids is 2. The number of amides is 2. The maximum absolute atomic E-state index is 12.3. The van der Waals surface area contributed by atoms with Gasteiger partial charge in [0.1, 0.15) is 5.60 Å². The summed E-state index contributed by atoms with van der Waals surface area (Å²) in [4.78, 5) is 24.1. The van der Waals surface area contributed by atoms with Gasteiger partial charge in [-0.2, -0.15) is 13.2 Å². The largest absolute Gasteiger partial charge is 0.471 e. The van der Waals surface area contributed by atoms with Gasteiger partial charge in [-0.25, -0.2) is 4.79 Å². The molecule has 0 radical (unpaired) electrons. The van der Waals surface area contributed by atoms with Gasteiger partial charge in [-0.05, 0) is 33.6 Å². The van der Waals surface area contributed by atoms with Crippen LogP contribution in [0.2, 0.25) is 0 Å². The van der Waals surface area contributed by atoms with Crippen molar-refractivity contribution in [2.45, 2.75) is 57.5 Å². The number of nitrogens with zero attached hydrogens (tertiary/aromatic N) is 1. The number of hydrogen-bond acceptors (Lipinski definition) is 4. The van der Waals surface area contributed by atoms with Gasteiger partial charge in [0.15, 0.2) is 0 Å². The highest BCUT2D eigenvalue weighted by Gasteiger charge is 2.40. The van der Waals surface area contributed by atoms with Crippen LogP contribution in [0.25, 0.3) is 0 Å². The molecule has 22 heavy (non-hydrogen) atoms. The molecule has 1 aliphatic heterocycles. The highest BCUT2D eigenvalue weighted by molar-refractivity contribution is 5.82. The zero-order valence-electron chi connectivity index (χ0n) is 12.7. The molecule has 2 amide bonds. The van der Waals surface area contributed by atoms with Gasteiger partial charge in [0.25, 0.3) is 0 Å². The first-order valence-corrected chi connectivity index (χ1v) is 6.92. The molecule has 0 aliphatic carbocycles. The number of alkyl halides is 3. The lowest BCUT2D eigenvalue weighted by atomic mass is 10.1. The molecule has 0 saturated carbocycles. The zero-order valence-corrected chi connectivity index (χ0v) is 12.7. The first kappa shape index (κ1) is 18.5. The molecule has 6 nitrogen and oxygen atoms in total. The Labute approximate surface area is 126 Å². The van der Waals surface area contributed by atoms with Gasteiger partial charge in [-0.15, -0.1) is 0 Å². The Bertz CT molecular complexity index is 420. The molecule has 1 saturated heterocycles. The van der Waals surface area contributed by atoms with Crippen molar-refractivity contribution in [3.05, 3.63) is 0 Å². The molecule has 9 heteroatoms. The van der Waals surface area contributed by atoms with E-state index in [4.69, 9.17) is 4.74 Å². The first-order chi connectivity index (χ1) is 9.88. The molecule has 0 aromatic heterocycles. The van der Waals surface area contributed by atoms with Crippen molar-refractivity contribution in [1.82, 2.24) is 10.2 Å². The monoisotopic (exact) mass is 326 g/mol. The third-order valence-electron chi connectivity index (χ3n) is 2.96. The smallest absolute Gasteiger partial charge is 0.444 e. The number of rotatable bonds is 1. The average Bonchev–Trinajstić information content (AvgIpc) is 2.48. The summed E-state index contributed by atoms with van der Waals surface area (Å²) >= 11 is 0. The molecule has 0 unspecified atom stereocenters.